The molecular formula is C15H23N3O3. The fourth-order valence-electron chi connectivity index (χ4n) is 1.50. The molecule has 0 heterocycles. The van der Waals surface area contributed by atoms with Gasteiger partial charge in [0, 0.05) is 18.8 Å². The van der Waals surface area contributed by atoms with Crippen LogP contribution in [0.15, 0.2) is 24.3 Å². The number of hydrogen-bond donors (Lipinski definition) is 3. The summed E-state index contributed by atoms with van der Waals surface area (Å²) >= 11 is 0. The number of rotatable bonds is 5. The maximum Gasteiger partial charge on any atom is 0.257 e. The number of ether oxygens (including phenoxy) is 1. The fourth-order valence-corrected chi connectivity index (χ4v) is 1.50. The van der Waals surface area contributed by atoms with Crippen molar-refractivity contribution in [1.82, 2.24) is 5.32 Å². The number of hydrogen-bond acceptors (Lipinski definition) is 4. The van der Waals surface area contributed by atoms with Gasteiger partial charge in [-0.2, -0.15) is 0 Å². The predicted octanol–water partition coefficient (Wildman–Crippen LogP) is 1.12. The molecule has 0 aliphatic rings. The van der Waals surface area contributed by atoms with Gasteiger partial charge in [-0.25, -0.2) is 0 Å². The Bertz CT molecular complexity index is 509. The Labute approximate surface area is 125 Å². The van der Waals surface area contributed by atoms with E-state index in [9.17, 15) is 9.59 Å². The Morgan fingerprint density at radius 1 is 1.33 bits per heavy atom. The van der Waals surface area contributed by atoms with Gasteiger partial charge < -0.3 is 21.1 Å². The summed E-state index contributed by atoms with van der Waals surface area (Å²) in [6, 6.07) is 6.21. The molecule has 0 bridgehead atoms. The Morgan fingerprint density at radius 3 is 2.57 bits per heavy atom. The first-order valence-corrected chi connectivity index (χ1v) is 6.74. The van der Waals surface area contributed by atoms with E-state index >= 15 is 0 Å². The standard InChI is InChI=1S/C15H23N3O3/c1-15(2,3)13(16)14(20)18-10-6-5-7-11(8-10)21-9-12(19)17-4/h5-8,13H,9,16H2,1-4H3,(H,17,19)(H,18,20)/t13-/m0/s1. The van der Waals surface area contributed by atoms with Crippen molar-refractivity contribution < 1.29 is 14.3 Å². The molecule has 1 aromatic carbocycles. The number of benzene rings is 1. The van der Waals surface area contributed by atoms with E-state index in [2.05, 4.69) is 10.6 Å². The average molecular weight is 293 g/mol. The number of carbonyl (C=O) groups excluding carboxylic acids is 2. The summed E-state index contributed by atoms with van der Waals surface area (Å²) in [5.41, 5.74) is 6.16. The molecule has 0 unspecified atom stereocenters. The van der Waals surface area contributed by atoms with Crippen LogP contribution < -0.4 is 21.1 Å². The highest BCUT2D eigenvalue weighted by atomic mass is 16.5. The van der Waals surface area contributed by atoms with Gasteiger partial charge in [0.05, 0.1) is 6.04 Å². The highest BCUT2D eigenvalue weighted by Gasteiger charge is 2.27. The first-order valence-electron chi connectivity index (χ1n) is 6.74. The van der Waals surface area contributed by atoms with Crippen molar-refractivity contribution in [2.75, 3.05) is 19.0 Å². The molecule has 0 aromatic heterocycles. The molecule has 6 heteroatoms. The molecule has 21 heavy (non-hydrogen) atoms. The van der Waals surface area contributed by atoms with Gasteiger partial charge in [0.15, 0.2) is 6.61 Å². The van der Waals surface area contributed by atoms with Crippen molar-refractivity contribution in [1.29, 1.82) is 0 Å². The smallest absolute Gasteiger partial charge is 0.257 e. The Balaban J connectivity index is 2.68. The molecule has 2 amide bonds. The SMILES string of the molecule is CNC(=O)COc1cccc(NC(=O)[C@H](N)C(C)(C)C)c1. The lowest BCUT2D eigenvalue weighted by molar-refractivity contribution is -0.122. The third-order valence-corrected chi connectivity index (χ3v) is 2.97. The summed E-state index contributed by atoms with van der Waals surface area (Å²) < 4.78 is 5.31. The number of likely N-dealkylation sites (N-methyl/N-ethyl adjacent to an activating group) is 1. The van der Waals surface area contributed by atoms with Crippen LogP contribution in [-0.4, -0.2) is 31.5 Å². The normalized spacial score (nSPS) is 12.4. The number of anilines is 1. The van der Waals surface area contributed by atoms with E-state index in [1.54, 1.807) is 24.3 Å². The lowest BCUT2D eigenvalue weighted by Gasteiger charge is -2.25. The van der Waals surface area contributed by atoms with Crippen molar-refractivity contribution in [2.45, 2.75) is 26.8 Å². The summed E-state index contributed by atoms with van der Waals surface area (Å²) in [4.78, 5) is 23.2. The first-order chi connectivity index (χ1) is 9.74. The lowest BCUT2D eigenvalue weighted by atomic mass is 9.87. The van der Waals surface area contributed by atoms with E-state index in [1.807, 2.05) is 20.8 Å². The van der Waals surface area contributed by atoms with E-state index in [0.29, 0.717) is 11.4 Å². The maximum absolute atomic E-state index is 12.0. The van der Waals surface area contributed by atoms with Crippen LogP contribution in [0.2, 0.25) is 0 Å². The van der Waals surface area contributed by atoms with E-state index in [-0.39, 0.29) is 23.8 Å². The van der Waals surface area contributed by atoms with E-state index in [1.165, 1.54) is 7.05 Å². The molecule has 0 spiro atoms. The second kappa shape index (κ2) is 7.08. The largest absolute Gasteiger partial charge is 0.484 e. The third-order valence-electron chi connectivity index (χ3n) is 2.97. The summed E-state index contributed by atoms with van der Waals surface area (Å²) in [5, 5.41) is 5.21. The summed E-state index contributed by atoms with van der Waals surface area (Å²) in [6.07, 6.45) is 0. The minimum atomic E-state index is -0.618. The van der Waals surface area contributed by atoms with Crippen LogP contribution in [0.4, 0.5) is 5.69 Å². The van der Waals surface area contributed by atoms with E-state index in [4.69, 9.17) is 10.5 Å². The minimum Gasteiger partial charge on any atom is -0.484 e. The second-order valence-electron chi connectivity index (χ2n) is 5.82. The Morgan fingerprint density at radius 2 is 2.00 bits per heavy atom. The van der Waals surface area contributed by atoms with Crippen molar-refractivity contribution in [3.8, 4) is 5.75 Å². The van der Waals surface area contributed by atoms with Gasteiger partial charge in [-0.3, -0.25) is 9.59 Å². The van der Waals surface area contributed by atoms with Gasteiger partial charge in [0.2, 0.25) is 5.91 Å². The molecule has 6 nitrogen and oxygen atoms in total. The topological polar surface area (TPSA) is 93.5 Å². The van der Waals surface area contributed by atoms with E-state index < -0.39 is 6.04 Å². The average Bonchev–Trinajstić information content (AvgIpc) is 2.43. The van der Waals surface area contributed by atoms with Crippen molar-refractivity contribution >= 4 is 17.5 Å². The van der Waals surface area contributed by atoms with Crippen LogP contribution in [0.25, 0.3) is 0 Å². The molecule has 0 radical (unpaired) electrons. The predicted molar refractivity (Wildman–Crippen MR) is 82.1 cm³/mol. The van der Waals surface area contributed by atoms with Gasteiger partial charge >= 0.3 is 0 Å². The molecule has 1 aromatic rings. The molecular weight excluding hydrogens is 270 g/mol. The van der Waals surface area contributed by atoms with Crippen molar-refractivity contribution in [3.05, 3.63) is 24.3 Å². The fraction of sp³-hybridized carbons (Fsp3) is 0.467. The number of nitrogens with one attached hydrogen (secondary N) is 2. The zero-order valence-corrected chi connectivity index (χ0v) is 12.9. The molecule has 1 atom stereocenters. The lowest BCUT2D eigenvalue weighted by Crippen LogP contribution is -2.45. The molecule has 116 valence electrons. The zero-order valence-electron chi connectivity index (χ0n) is 12.9. The van der Waals surface area contributed by atoms with Gasteiger partial charge in [0.25, 0.3) is 5.91 Å². The Hall–Kier alpha value is -2.08. The number of nitrogens with two attached hydrogens (primary N) is 1. The highest BCUT2D eigenvalue weighted by Crippen LogP contribution is 2.21. The molecule has 0 aliphatic carbocycles. The highest BCUT2D eigenvalue weighted by molar-refractivity contribution is 5.95. The van der Waals surface area contributed by atoms with Crippen LogP contribution in [0.1, 0.15) is 20.8 Å². The molecule has 0 aliphatic heterocycles. The quantitative estimate of drug-likeness (QED) is 0.758. The van der Waals surface area contributed by atoms with Gasteiger partial charge in [0.1, 0.15) is 5.75 Å². The second-order valence-corrected chi connectivity index (χ2v) is 5.82. The third kappa shape index (κ3) is 5.43. The molecule has 0 saturated heterocycles. The van der Waals surface area contributed by atoms with Gasteiger partial charge in [-0.15, -0.1) is 0 Å². The van der Waals surface area contributed by atoms with Crippen LogP contribution in [0.5, 0.6) is 5.75 Å². The number of amides is 2. The van der Waals surface area contributed by atoms with Gasteiger partial charge in [-0.1, -0.05) is 26.8 Å². The summed E-state index contributed by atoms with van der Waals surface area (Å²) in [5.74, 6) is 0.0193. The Kier molecular flexibility index (Phi) is 5.72. The van der Waals surface area contributed by atoms with E-state index in [0.717, 1.165) is 0 Å². The maximum atomic E-state index is 12.0. The van der Waals surface area contributed by atoms with Gasteiger partial charge in [-0.05, 0) is 17.5 Å². The van der Waals surface area contributed by atoms with Crippen LogP contribution in [-0.2, 0) is 9.59 Å². The summed E-state index contributed by atoms with van der Waals surface area (Å²) in [6.45, 7) is 5.63. The molecule has 4 N–H and O–H groups in total. The summed E-state index contributed by atoms with van der Waals surface area (Å²) in [7, 11) is 1.54. The zero-order chi connectivity index (χ0) is 16.0. The molecule has 1 rings (SSSR count). The van der Waals surface area contributed by atoms with Crippen LogP contribution >= 0.6 is 0 Å². The van der Waals surface area contributed by atoms with Crippen LogP contribution in [0.3, 0.4) is 0 Å². The van der Waals surface area contributed by atoms with Crippen molar-refractivity contribution in [2.24, 2.45) is 11.1 Å². The van der Waals surface area contributed by atoms with Crippen LogP contribution in [0, 0.1) is 5.41 Å². The molecule has 0 saturated carbocycles. The first kappa shape index (κ1) is 17.0. The minimum absolute atomic E-state index is 0.0740. The molecule has 0 fully saturated rings. The monoisotopic (exact) mass is 293 g/mol. The van der Waals surface area contributed by atoms with Crippen molar-refractivity contribution in [3.63, 3.8) is 0 Å². The number of carbonyl (C=O) groups is 2.